The van der Waals surface area contributed by atoms with Crippen LogP contribution in [0.5, 0.6) is 5.75 Å². The number of hydrogen-bond donors (Lipinski definition) is 1. The van der Waals surface area contributed by atoms with Gasteiger partial charge in [0.15, 0.2) is 0 Å². The molecule has 0 saturated heterocycles. The lowest BCUT2D eigenvalue weighted by Gasteiger charge is -2.23. The van der Waals surface area contributed by atoms with E-state index >= 15 is 0 Å². The van der Waals surface area contributed by atoms with Gasteiger partial charge in [0.25, 0.3) is 0 Å². The molecule has 0 fully saturated rings. The van der Waals surface area contributed by atoms with E-state index in [1.54, 1.807) is 7.11 Å². The van der Waals surface area contributed by atoms with Crippen molar-refractivity contribution in [1.29, 1.82) is 0 Å². The summed E-state index contributed by atoms with van der Waals surface area (Å²) in [6.45, 7) is 2.21. The summed E-state index contributed by atoms with van der Waals surface area (Å²) in [6.07, 6.45) is 5.06. The number of hydrogen-bond acceptors (Lipinski definition) is 2. The third kappa shape index (κ3) is 3.05. The number of rotatable bonds is 4. The second-order valence-electron chi connectivity index (χ2n) is 5.79. The lowest BCUT2D eigenvalue weighted by molar-refractivity contribution is 0.414. The SMILES string of the molecule is COc1ccc(C(C)Nc2cccc3c2CCCC3)cc1. The molecule has 0 spiro atoms. The average molecular weight is 281 g/mol. The van der Waals surface area contributed by atoms with Gasteiger partial charge >= 0.3 is 0 Å². The Morgan fingerprint density at radius 3 is 2.52 bits per heavy atom. The first-order valence-corrected chi connectivity index (χ1v) is 7.79. The van der Waals surface area contributed by atoms with E-state index in [0.717, 1.165) is 5.75 Å². The quantitative estimate of drug-likeness (QED) is 0.873. The van der Waals surface area contributed by atoms with E-state index in [2.05, 4.69) is 42.6 Å². The fourth-order valence-electron chi connectivity index (χ4n) is 3.13. The van der Waals surface area contributed by atoms with Gasteiger partial charge < -0.3 is 10.1 Å². The molecule has 1 N–H and O–H groups in total. The molecule has 0 aromatic heterocycles. The first-order valence-electron chi connectivity index (χ1n) is 7.79. The van der Waals surface area contributed by atoms with Gasteiger partial charge in [0.05, 0.1) is 7.11 Å². The third-order valence-electron chi connectivity index (χ3n) is 4.38. The Bertz CT molecular complexity index is 603. The molecule has 0 heterocycles. The standard InChI is InChI=1S/C19H23NO/c1-14(15-10-12-17(21-2)13-11-15)20-19-9-5-7-16-6-3-4-8-18(16)19/h5,7,9-14,20H,3-4,6,8H2,1-2H3. The second-order valence-corrected chi connectivity index (χ2v) is 5.79. The molecule has 1 aliphatic carbocycles. The highest BCUT2D eigenvalue weighted by molar-refractivity contribution is 5.56. The molecule has 0 aliphatic heterocycles. The maximum atomic E-state index is 5.22. The zero-order valence-electron chi connectivity index (χ0n) is 12.9. The molecule has 0 bridgehead atoms. The van der Waals surface area contributed by atoms with E-state index in [4.69, 9.17) is 4.74 Å². The third-order valence-corrected chi connectivity index (χ3v) is 4.38. The number of anilines is 1. The van der Waals surface area contributed by atoms with Gasteiger partial charge in [-0.15, -0.1) is 0 Å². The molecule has 1 unspecified atom stereocenters. The van der Waals surface area contributed by atoms with Crippen molar-refractivity contribution >= 4 is 5.69 Å². The van der Waals surface area contributed by atoms with Crippen molar-refractivity contribution in [2.75, 3.05) is 12.4 Å². The molecule has 1 atom stereocenters. The molecule has 110 valence electrons. The molecule has 1 aliphatic rings. The first kappa shape index (κ1) is 14.0. The maximum Gasteiger partial charge on any atom is 0.118 e. The summed E-state index contributed by atoms with van der Waals surface area (Å²) in [5.74, 6) is 0.906. The van der Waals surface area contributed by atoms with Crippen LogP contribution in [0.2, 0.25) is 0 Å². The summed E-state index contributed by atoms with van der Waals surface area (Å²) in [5, 5.41) is 3.68. The van der Waals surface area contributed by atoms with E-state index in [-0.39, 0.29) is 0 Å². The van der Waals surface area contributed by atoms with E-state index < -0.39 is 0 Å². The molecule has 21 heavy (non-hydrogen) atoms. The first-order chi connectivity index (χ1) is 10.3. The minimum absolute atomic E-state index is 0.296. The predicted molar refractivity (Wildman–Crippen MR) is 88.1 cm³/mol. The smallest absolute Gasteiger partial charge is 0.118 e. The highest BCUT2D eigenvalue weighted by Gasteiger charge is 2.14. The van der Waals surface area contributed by atoms with Gasteiger partial charge in [0.2, 0.25) is 0 Å². The molecular weight excluding hydrogens is 258 g/mol. The number of fused-ring (bicyclic) bond motifs is 1. The van der Waals surface area contributed by atoms with Crippen LogP contribution in [0.25, 0.3) is 0 Å². The molecule has 0 saturated carbocycles. The summed E-state index contributed by atoms with van der Waals surface area (Å²) in [6, 6.07) is 15.3. The van der Waals surface area contributed by atoms with Crippen molar-refractivity contribution in [2.24, 2.45) is 0 Å². The Kier molecular flexibility index (Phi) is 4.14. The van der Waals surface area contributed by atoms with Gasteiger partial charge in [-0.05, 0) is 67.5 Å². The molecule has 2 aromatic rings. The molecule has 2 aromatic carbocycles. The highest BCUT2D eigenvalue weighted by atomic mass is 16.5. The summed E-state index contributed by atoms with van der Waals surface area (Å²) < 4.78 is 5.22. The van der Waals surface area contributed by atoms with E-state index in [1.807, 2.05) is 12.1 Å². The number of benzene rings is 2. The molecule has 0 radical (unpaired) electrons. The van der Waals surface area contributed by atoms with E-state index in [1.165, 1.54) is 48.1 Å². The van der Waals surface area contributed by atoms with Gasteiger partial charge in [-0.1, -0.05) is 24.3 Å². The van der Waals surface area contributed by atoms with E-state index in [0.29, 0.717) is 6.04 Å². The predicted octanol–water partition coefficient (Wildman–Crippen LogP) is 4.75. The minimum Gasteiger partial charge on any atom is -0.497 e. The van der Waals surface area contributed by atoms with Crippen molar-refractivity contribution in [3.05, 3.63) is 59.2 Å². The van der Waals surface area contributed by atoms with Crippen LogP contribution in [0, 0.1) is 0 Å². The fraction of sp³-hybridized carbons (Fsp3) is 0.368. The average Bonchev–Trinajstić information content (AvgIpc) is 2.55. The number of ether oxygens (including phenoxy) is 1. The summed E-state index contributed by atoms with van der Waals surface area (Å²) in [5.41, 5.74) is 5.62. The van der Waals surface area contributed by atoms with Crippen LogP contribution in [-0.4, -0.2) is 7.11 Å². The Balaban J connectivity index is 1.79. The van der Waals surface area contributed by atoms with Crippen LogP contribution in [0.1, 0.15) is 42.5 Å². The number of aryl methyl sites for hydroxylation is 1. The maximum absolute atomic E-state index is 5.22. The Labute approximate surface area is 127 Å². The van der Waals surface area contributed by atoms with Crippen LogP contribution in [-0.2, 0) is 12.8 Å². The van der Waals surface area contributed by atoms with E-state index in [9.17, 15) is 0 Å². The monoisotopic (exact) mass is 281 g/mol. The van der Waals surface area contributed by atoms with Crippen LogP contribution in [0.15, 0.2) is 42.5 Å². The van der Waals surface area contributed by atoms with Crippen molar-refractivity contribution in [1.82, 2.24) is 0 Å². The molecule has 2 nitrogen and oxygen atoms in total. The lowest BCUT2D eigenvalue weighted by atomic mass is 9.90. The fourth-order valence-corrected chi connectivity index (χ4v) is 3.13. The zero-order valence-corrected chi connectivity index (χ0v) is 12.9. The van der Waals surface area contributed by atoms with Crippen LogP contribution in [0.3, 0.4) is 0 Å². The lowest BCUT2D eigenvalue weighted by Crippen LogP contribution is -2.11. The number of nitrogens with one attached hydrogen (secondary N) is 1. The van der Waals surface area contributed by atoms with Crippen LogP contribution >= 0.6 is 0 Å². The Morgan fingerprint density at radius 1 is 1.00 bits per heavy atom. The summed E-state index contributed by atoms with van der Waals surface area (Å²) >= 11 is 0. The second kappa shape index (κ2) is 6.21. The topological polar surface area (TPSA) is 21.3 Å². The minimum atomic E-state index is 0.296. The van der Waals surface area contributed by atoms with Crippen molar-refractivity contribution in [2.45, 2.75) is 38.6 Å². The van der Waals surface area contributed by atoms with Gasteiger partial charge in [-0.25, -0.2) is 0 Å². The van der Waals surface area contributed by atoms with Crippen molar-refractivity contribution < 1.29 is 4.74 Å². The van der Waals surface area contributed by atoms with Gasteiger partial charge in [-0.3, -0.25) is 0 Å². The zero-order chi connectivity index (χ0) is 14.7. The van der Waals surface area contributed by atoms with Gasteiger partial charge in [-0.2, -0.15) is 0 Å². The number of methoxy groups -OCH3 is 1. The Hall–Kier alpha value is -1.96. The molecule has 0 amide bonds. The van der Waals surface area contributed by atoms with Crippen LogP contribution in [0.4, 0.5) is 5.69 Å². The Morgan fingerprint density at radius 2 is 1.76 bits per heavy atom. The molecule has 2 heteroatoms. The molecule has 3 rings (SSSR count). The van der Waals surface area contributed by atoms with Crippen molar-refractivity contribution in [3.8, 4) is 5.75 Å². The van der Waals surface area contributed by atoms with Crippen LogP contribution < -0.4 is 10.1 Å². The van der Waals surface area contributed by atoms with Gasteiger partial charge in [0.1, 0.15) is 5.75 Å². The molecular formula is C19H23NO. The summed E-state index contributed by atoms with van der Waals surface area (Å²) in [7, 11) is 1.70. The van der Waals surface area contributed by atoms with Gasteiger partial charge in [0, 0.05) is 11.7 Å². The largest absolute Gasteiger partial charge is 0.497 e. The summed E-state index contributed by atoms with van der Waals surface area (Å²) in [4.78, 5) is 0. The highest BCUT2D eigenvalue weighted by Crippen LogP contribution is 2.30. The van der Waals surface area contributed by atoms with Crippen molar-refractivity contribution in [3.63, 3.8) is 0 Å². The normalized spacial score (nSPS) is 15.1.